The summed E-state index contributed by atoms with van der Waals surface area (Å²) in [7, 11) is -0.885. The van der Waals surface area contributed by atoms with Crippen LogP contribution in [0.3, 0.4) is 0 Å². The van der Waals surface area contributed by atoms with E-state index in [1.54, 1.807) is 18.2 Å². The van der Waals surface area contributed by atoms with Crippen molar-refractivity contribution in [2.24, 2.45) is 0 Å². The van der Waals surface area contributed by atoms with Gasteiger partial charge in [-0.25, -0.2) is 12.8 Å². The molecule has 10 nitrogen and oxygen atoms in total. The quantitative estimate of drug-likeness (QED) is 0.327. The monoisotopic (exact) mass is 625 g/mol. The first-order valence-corrected chi connectivity index (χ1v) is 15.8. The molecule has 3 N–H and O–H groups in total. The lowest BCUT2D eigenvalue weighted by atomic mass is 10.0. The fourth-order valence-electron chi connectivity index (χ4n) is 4.63. The van der Waals surface area contributed by atoms with E-state index in [0.29, 0.717) is 35.5 Å². The van der Waals surface area contributed by atoms with E-state index in [9.17, 15) is 27.5 Å². The second-order valence-corrected chi connectivity index (χ2v) is 12.6. The summed E-state index contributed by atoms with van der Waals surface area (Å²) in [6.45, 7) is -0.141. The Balaban J connectivity index is 1.62. The zero-order chi connectivity index (χ0) is 31.9. The number of aliphatic hydroxyl groups excluding tert-OH is 1. The van der Waals surface area contributed by atoms with Gasteiger partial charge < -0.3 is 25.2 Å². The average molecular weight is 626 g/mol. The molecule has 1 aliphatic heterocycles. The number of rotatable bonds is 8. The molecule has 3 aromatic rings. The molecule has 0 spiro atoms. The van der Waals surface area contributed by atoms with Gasteiger partial charge >= 0.3 is 0 Å². The minimum absolute atomic E-state index is 0.141. The van der Waals surface area contributed by atoms with E-state index in [0.717, 1.165) is 16.1 Å². The first kappa shape index (κ1) is 32.6. The number of anilines is 2. The number of nitrogens with zero attached hydrogens (tertiary/aromatic N) is 1. The number of ether oxygens (including phenoxy) is 2. The topological polar surface area (TPSA) is 134 Å². The summed E-state index contributed by atoms with van der Waals surface area (Å²) in [6.07, 6.45) is 3.46. The van der Waals surface area contributed by atoms with Crippen molar-refractivity contribution in [1.29, 1.82) is 0 Å². The summed E-state index contributed by atoms with van der Waals surface area (Å²) in [5.74, 6) is -1.06. The van der Waals surface area contributed by atoms with Crippen LogP contribution in [0, 0.1) is 5.82 Å². The van der Waals surface area contributed by atoms with Crippen molar-refractivity contribution < 1.29 is 37.0 Å². The van der Waals surface area contributed by atoms with E-state index in [1.807, 2.05) is 30.4 Å². The first-order chi connectivity index (χ1) is 20.9. The Kier molecular flexibility index (Phi) is 10.7. The smallest absolute Gasteiger partial charge is 0.253 e. The van der Waals surface area contributed by atoms with Crippen LogP contribution in [0.4, 0.5) is 15.8 Å². The maximum absolute atomic E-state index is 13.6. The highest BCUT2D eigenvalue weighted by Gasteiger charge is 2.30. The molecular formula is C32H36FN3O7S. The van der Waals surface area contributed by atoms with Crippen LogP contribution in [0.25, 0.3) is 0 Å². The van der Waals surface area contributed by atoms with Gasteiger partial charge in [0.05, 0.1) is 24.1 Å². The Bertz CT molecular complexity index is 1610. The molecule has 0 aliphatic carbocycles. The third kappa shape index (κ3) is 8.88. The van der Waals surface area contributed by atoms with Crippen LogP contribution < -0.4 is 19.7 Å². The number of methoxy groups -OCH3 is 1. The van der Waals surface area contributed by atoms with Crippen LogP contribution in [0.15, 0.2) is 78.9 Å². The number of hydrogen-bond acceptors (Lipinski definition) is 7. The van der Waals surface area contributed by atoms with Gasteiger partial charge in [0.15, 0.2) is 0 Å². The highest BCUT2D eigenvalue weighted by molar-refractivity contribution is 7.92. The molecule has 3 atom stereocenters. The lowest BCUT2D eigenvalue weighted by Gasteiger charge is -2.27. The molecule has 0 saturated heterocycles. The van der Waals surface area contributed by atoms with Gasteiger partial charge in [0.1, 0.15) is 24.3 Å². The minimum Gasteiger partial charge on any atom is -0.491 e. The van der Waals surface area contributed by atoms with Gasteiger partial charge in [0.2, 0.25) is 10.0 Å². The average Bonchev–Trinajstić information content (AvgIpc) is 3.00. The normalized spacial score (nSPS) is 17.6. The van der Waals surface area contributed by atoms with E-state index in [1.165, 1.54) is 44.5 Å². The van der Waals surface area contributed by atoms with Gasteiger partial charge in [0, 0.05) is 31.8 Å². The highest BCUT2D eigenvalue weighted by Crippen LogP contribution is 2.23. The van der Waals surface area contributed by atoms with Gasteiger partial charge in [-0.05, 0) is 78.6 Å². The predicted molar refractivity (Wildman–Crippen MR) is 166 cm³/mol. The van der Waals surface area contributed by atoms with Crippen molar-refractivity contribution in [3.05, 3.63) is 101 Å². The van der Waals surface area contributed by atoms with Crippen molar-refractivity contribution in [3.63, 3.8) is 0 Å². The Morgan fingerprint density at radius 1 is 1.11 bits per heavy atom. The number of benzene rings is 3. The van der Waals surface area contributed by atoms with Crippen molar-refractivity contribution in [3.8, 4) is 5.75 Å². The fourth-order valence-corrected chi connectivity index (χ4v) is 5.12. The zero-order valence-electron chi connectivity index (χ0n) is 24.7. The summed E-state index contributed by atoms with van der Waals surface area (Å²) in [6, 6.07) is 16.5. The van der Waals surface area contributed by atoms with Gasteiger partial charge in [0.25, 0.3) is 11.8 Å². The fraction of sp³-hybridized carbons (Fsp3) is 0.312. The molecular weight excluding hydrogens is 589 g/mol. The van der Waals surface area contributed by atoms with Crippen molar-refractivity contribution in [2.45, 2.75) is 37.5 Å². The van der Waals surface area contributed by atoms with Crippen molar-refractivity contribution >= 4 is 33.2 Å². The molecule has 0 unspecified atom stereocenters. The SMILES string of the molecule is CO[C@H](C[C@H](O)[C@@H]1COc2cccc(c2)C/C=C/Cc2cc(cc(N(C)S(C)(=O)=O)c2)C(=O)N1)C(=O)Nc1ccc(F)cc1. The van der Waals surface area contributed by atoms with Crippen LogP contribution in [0.5, 0.6) is 5.75 Å². The van der Waals surface area contributed by atoms with E-state index in [4.69, 9.17) is 9.47 Å². The minimum atomic E-state index is -3.61. The number of aliphatic hydroxyl groups is 1. The largest absolute Gasteiger partial charge is 0.491 e. The second kappa shape index (κ2) is 14.5. The summed E-state index contributed by atoms with van der Waals surface area (Å²) >= 11 is 0. The van der Waals surface area contributed by atoms with Crippen molar-refractivity contribution in [1.82, 2.24) is 5.32 Å². The molecule has 44 heavy (non-hydrogen) atoms. The van der Waals surface area contributed by atoms with Gasteiger partial charge in [-0.15, -0.1) is 0 Å². The number of carbonyl (C=O) groups is 2. The lowest BCUT2D eigenvalue weighted by Crippen LogP contribution is -2.49. The predicted octanol–water partition coefficient (Wildman–Crippen LogP) is 3.46. The molecule has 1 heterocycles. The molecule has 0 aromatic heterocycles. The van der Waals surface area contributed by atoms with Gasteiger partial charge in [-0.2, -0.15) is 0 Å². The third-order valence-corrected chi connectivity index (χ3v) is 8.43. The van der Waals surface area contributed by atoms with Crippen LogP contribution in [-0.4, -0.2) is 70.6 Å². The number of hydrogen-bond donors (Lipinski definition) is 3. The molecule has 2 amide bonds. The van der Waals surface area contributed by atoms with Gasteiger partial charge in [-0.3, -0.25) is 13.9 Å². The number of nitrogens with one attached hydrogen (secondary N) is 2. The molecule has 0 fully saturated rings. The van der Waals surface area contributed by atoms with Crippen LogP contribution >= 0.6 is 0 Å². The summed E-state index contributed by atoms with van der Waals surface area (Å²) in [4.78, 5) is 26.5. The standard InChI is InChI=1S/C32H36FN3O7S/c1-36(44(3,40)41)26-16-22-8-5-4-7-21-9-6-10-27(17-21)43-20-28(35-31(38)23(15-22)18-26)29(37)19-30(42-2)32(39)34-25-13-11-24(33)12-14-25/h4-6,9-18,28-30,37H,7-8,19-20H2,1-3H3,(H,34,39)(H,35,38)/b5-4+/t28-,29-,30+/m0/s1. The summed E-state index contributed by atoms with van der Waals surface area (Å²) in [5, 5.41) is 16.7. The molecule has 0 saturated carbocycles. The number of carbonyl (C=O) groups excluding carboxylic acids is 2. The zero-order valence-corrected chi connectivity index (χ0v) is 25.5. The lowest BCUT2D eigenvalue weighted by molar-refractivity contribution is -0.127. The molecule has 4 rings (SSSR count). The van der Waals surface area contributed by atoms with E-state index in [-0.39, 0.29) is 18.6 Å². The van der Waals surface area contributed by atoms with Crippen LogP contribution in [-0.2, 0) is 32.4 Å². The second-order valence-electron chi connectivity index (χ2n) is 10.6. The Labute approximate surface area is 256 Å². The van der Waals surface area contributed by atoms with E-state index in [2.05, 4.69) is 10.6 Å². The summed E-state index contributed by atoms with van der Waals surface area (Å²) < 4.78 is 50.3. The maximum Gasteiger partial charge on any atom is 0.253 e. The molecule has 0 radical (unpaired) electrons. The van der Waals surface area contributed by atoms with E-state index >= 15 is 0 Å². The number of fused-ring (bicyclic) bond motifs is 4. The molecule has 1 aliphatic rings. The highest BCUT2D eigenvalue weighted by atomic mass is 32.2. The van der Waals surface area contributed by atoms with E-state index < -0.39 is 45.9 Å². The number of amides is 2. The number of allylic oxidation sites excluding steroid dienone is 2. The van der Waals surface area contributed by atoms with Crippen LogP contribution in [0.1, 0.15) is 27.9 Å². The molecule has 4 bridgehead atoms. The third-order valence-electron chi connectivity index (χ3n) is 7.23. The molecule has 234 valence electrons. The van der Waals surface area contributed by atoms with Crippen LogP contribution in [0.2, 0.25) is 0 Å². The molecule has 3 aromatic carbocycles. The Morgan fingerprint density at radius 3 is 2.50 bits per heavy atom. The van der Waals surface area contributed by atoms with Crippen molar-refractivity contribution in [2.75, 3.05) is 36.6 Å². The Morgan fingerprint density at radius 2 is 1.82 bits per heavy atom. The first-order valence-electron chi connectivity index (χ1n) is 14.0. The Hall–Kier alpha value is -4.26. The number of halogens is 1. The number of sulfonamides is 1. The maximum atomic E-state index is 13.6. The molecule has 12 heteroatoms. The summed E-state index contributed by atoms with van der Waals surface area (Å²) in [5.41, 5.74) is 2.55. The van der Waals surface area contributed by atoms with Gasteiger partial charge in [-0.1, -0.05) is 24.3 Å².